The normalized spacial score (nSPS) is 10.5. The van der Waals surface area contributed by atoms with E-state index >= 15 is 0 Å². The number of aromatic nitrogens is 4. The van der Waals surface area contributed by atoms with Crippen LogP contribution in [0, 0.1) is 11.3 Å². The van der Waals surface area contributed by atoms with Gasteiger partial charge >= 0.3 is 0 Å². The van der Waals surface area contributed by atoms with Crippen molar-refractivity contribution in [3.05, 3.63) is 78.2 Å². The number of benzene rings is 2. The number of nitriles is 1. The number of nitrogens with zero attached hydrogens (tertiary/aromatic N) is 5. The first-order valence-electron chi connectivity index (χ1n) is 9.03. The molecule has 9 heteroatoms. The van der Waals surface area contributed by atoms with E-state index in [1.165, 1.54) is 11.8 Å². The first-order valence-corrected chi connectivity index (χ1v) is 10.0. The predicted molar refractivity (Wildman–Crippen MR) is 111 cm³/mol. The summed E-state index contributed by atoms with van der Waals surface area (Å²) in [5, 5.41) is 20.0. The van der Waals surface area contributed by atoms with Crippen molar-refractivity contribution in [3.63, 3.8) is 0 Å². The summed E-state index contributed by atoms with van der Waals surface area (Å²) in [4.78, 5) is 16.3. The van der Waals surface area contributed by atoms with E-state index in [9.17, 15) is 4.79 Å². The molecule has 0 spiro atoms. The molecule has 30 heavy (non-hydrogen) atoms. The van der Waals surface area contributed by atoms with Crippen molar-refractivity contribution in [2.24, 2.45) is 0 Å². The number of hydrogen-bond donors (Lipinski definition) is 1. The molecule has 0 fully saturated rings. The van der Waals surface area contributed by atoms with Gasteiger partial charge in [0.25, 0.3) is 11.1 Å². The molecular formula is C21H16N6O2S. The standard InChI is InChI=1S/C21H16N6O2S/c22-10-15-6-8-17(9-7-15)27-12-18(24-14-27)20-25-26-21(29-20)30-13-19(28)23-11-16-4-2-1-3-5-16/h1-9,12,14H,11,13H2,(H,23,28). The van der Waals surface area contributed by atoms with Gasteiger partial charge in [-0.15, -0.1) is 10.2 Å². The van der Waals surface area contributed by atoms with Crippen molar-refractivity contribution in [2.75, 3.05) is 5.75 Å². The molecule has 148 valence electrons. The Morgan fingerprint density at radius 1 is 1.13 bits per heavy atom. The van der Waals surface area contributed by atoms with Crippen LogP contribution in [-0.2, 0) is 11.3 Å². The van der Waals surface area contributed by atoms with Gasteiger partial charge < -0.3 is 14.3 Å². The number of carbonyl (C=O) groups is 1. The molecule has 0 radical (unpaired) electrons. The highest BCUT2D eigenvalue weighted by Gasteiger charge is 2.14. The van der Waals surface area contributed by atoms with Crippen LogP contribution in [0.3, 0.4) is 0 Å². The molecule has 8 nitrogen and oxygen atoms in total. The van der Waals surface area contributed by atoms with Crippen LogP contribution in [-0.4, -0.2) is 31.4 Å². The molecule has 4 aromatic rings. The Hall–Kier alpha value is -3.90. The summed E-state index contributed by atoms with van der Waals surface area (Å²) < 4.78 is 7.41. The van der Waals surface area contributed by atoms with Crippen LogP contribution in [0.15, 0.2) is 76.8 Å². The number of amides is 1. The van der Waals surface area contributed by atoms with Crippen LogP contribution in [0.25, 0.3) is 17.3 Å². The molecule has 0 saturated carbocycles. The summed E-state index contributed by atoms with van der Waals surface area (Å²) in [6.45, 7) is 0.474. The Kier molecular flexibility index (Phi) is 5.87. The highest BCUT2D eigenvalue weighted by molar-refractivity contribution is 7.99. The lowest BCUT2D eigenvalue weighted by molar-refractivity contribution is -0.118. The molecule has 2 heterocycles. The smallest absolute Gasteiger partial charge is 0.277 e. The maximum Gasteiger partial charge on any atom is 0.277 e. The quantitative estimate of drug-likeness (QED) is 0.461. The van der Waals surface area contributed by atoms with Crippen LogP contribution in [0.2, 0.25) is 0 Å². The van der Waals surface area contributed by atoms with E-state index in [0.29, 0.717) is 23.0 Å². The Bertz CT molecular complexity index is 1180. The predicted octanol–water partition coefficient (Wildman–Crippen LogP) is 3.20. The maximum absolute atomic E-state index is 12.0. The van der Waals surface area contributed by atoms with Gasteiger partial charge in [-0.1, -0.05) is 42.1 Å². The summed E-state index contributed by atoms with van der Waals surface area (Å²) in [6, 6.07) is 18.9. The van der Waals surface area contributed by atoms with Gasteiger partial charge in [-0.25, -0.2) is 4.98 Å². The van der Waals surface area contributed by atoms with Crippen LogP contribution >= 0.6 is 11.8 Å². The van der Waals surface area contributed by atoms with E-state index in [2.05, 4.69) is 26.6 Å². The monoisotopic (exact) mass is 416 g/mol. The van der Waals surface area contributed by atoms with E-state index < -0.39 is 0 Å². The molecule has 1 amide bonds. The van der Waals surface area contributed by atoms with Crippen molar-refractivity contribution in [1.29, 1.82) is 5.26 Å². The van der Waals surface area contributed by atoms with E-state index in [1.807, 2.05) is 42.5 Å². The summed E-state index contributed by atoms with van der Waals surface area (Å²) >= 11 is 1.17. The number of rotatable bonds is 7. The fourth-order valence-electron chi connectivity index (χ4n) is 2.63. The first kappa shape index (κ1) is 19.4. The van der Waals surface area contributed by atoms with Crippen molar-refractivity contribution in [2.45, 2.75) is 11.8 Å². The summed E-state index contributed by atoms with van der Waals surface area (Å²) in [5.41, 5.74) is 3.00. The molecular weight excluding hydrogens is 400 g/mol. The Balaban J connectivity index is 1.33. The highest BCUT2D eigenvalue weighted by Crippen LogP contribution is 2.22. The second-order valence-corrected chi connectivity index (χ2v) is 7.18. The SMILES string of the molecule is N#Cc1ccc(-n2cnc(-c3nnc(SCC(=O)NCc4ccccc4)o3)c2)cc1. The average Bonchev–Trinajstić information content (AvgIpc) is 3.47. The molecule has 0 saturated heterocycles. The van der Waals surface area contributed by atoms with Crippen molar-refractivity contribution < 1.29 is 9.21 Å². The van der Waals surface area contributed by atoms with E-state index in [0.717, 1.165) is 11.3 Å². The van der Waals surface area contributed by atoms with Crippen molar-refractivity contribution in [1.82, 2.24) is 25.1 Å². The topological polar surface area (TPSA) is 110 Å². The van der Waals surface area contributed by atoms with Gasteiger partial charge in [0.1, 0.15) is 12.0 Å². The molecule has 0 atom stereocenters. The summed E-state index contributed by atoms with van der Waals surface area (Å²) in [6.07, 6.45) is 3.39. The fraction of sp³-hybridized carbons (Fsp3) is 0.0952. The second kappa shape index (κ2) is 9.07. The number of hydrogen-bond acceptors (Lipinski definition) is 7. The zero-order valence-electron chi connectivity index (χ0n) is 15.7. The van der Waals surface area contributed by atoms with Crippen LogP contribution in [0.4, 0.5) is 0 Å². The maximum atomic E-state index is 12.0. The van der Waals surface area contributed by atoms with Crippen LogP contribution in [0.5, 0.6) is 0 Å². The molecule has 0 aliphatic carbocycles. The summed E-state index contributed by atoms with van der Waals surface area (Å²) in [7, 11) is 0. The molecule has 0 aliphatic heterocycles. The minimum absolute atomic E-state index is 0.117. The van der Waals surface area contributed by atoms with Gasteiger partial charge in [0, 0.05) is 18.4 Å². The van der Waals surface area contributed by atoms with Crippen molar-refractivity contribution in [3.8, 4) is 23.3 Å². The van der Waals surface area contributed by atoms with Gasteiger partial charge in [-0.2, -0.15) is 5.26 Å². The second-order valence-electron chi connectivity index (χ2n) is 6.25. The molecule has 4 rings (SSSR count). The van der Waals surface area contributed by atoms with E-state index in [-0.39, 0.29) is 17.6 Å². The molecule has 1 N–H and O–H groups in total. The van der Waals surface area contributed by atoms with Gasteiger partial charge in [-0.05, 0) is 29.8 Å². The van der Waals surface area contributed by atoms with Crippen molar-refractivity contribution >= 4 is 17.7 Å². The molecule has 2 aromatic heterocycles. The third-order valence-electron chi connectivity index (χ3n) is 4.16. The minimum atomic E-state index is -0.117. The lowest BCUT2D eigenvalue weighted by Gasteiger charge is -2.03. The number of imidazole rings is 1. The van der Waals surface area contributed by atoms with Gasteiger partial charge in [0.15, 0.2) is 0 Å². The van der Waals surface area contributed by atoms with E-state index in [1.54, 1.807) is 29.2 Å². The molecule has 0 unspecified atom stereocenters. The molecule has 0 aliphatic rings. The highest BCUT2D eigenvalue weighted by atomic mass is 32.2. The first-order chi connectivity index (χ1) is 14.7. The van der Waals surface area contributed by atoms with Gasteiger partial charge in [0.2, 0.25) is 5.91 Å². The Morgan fingerprint density at radius 2 is 1.93 bits per heavy atom. The van der Waals surface area contributed by atoms with Gasteiger partial charge in [-0.3, -0.25) is 4.79 Å². The van der Waals surface area contributed by atoms with Crippen LogP contribution < -0.4 is 5.32 Å². The molecule has 2 aromatic carbocycles. The van der Waals surface area contributed by atoms with Crippen LogP contribution in [0.1, 0.15) is 11.1 Å². The summed E-state index contributed by atoms with van der Waals surface area (Å²) in [5.74, 6) is 0.331. The fourth-order valence-corrected chi connectivity index (χ4v) is 3.22. The lowest BCUT2D eigenvalue weighted by Crippen LogP contribution is -2.24. The lowest BCUT2D eigenvalue weighted by atomic mass is 10.2. The van der Waals surface area contributed by atoms with E-state index in [4.69, 9.17) is 9.68 Å². The zero-order valence-corrected chi connectivity index (χ0v) is 16.5. The number of thioether (sulfide) groups is 1. The minimum Gasteiger partial charge on any atom is -0.410 e. The third kappa shape index (κ3) is 4.74. The largest absolute Gasteiger partial charge is 0.410 e. The third-order valence-corrected chi connectivity index (χ3v) is 4.98. The molecule has 0 bridgehead atoms. The Labute approximate surface area is 176 Å². The Morgan fingerprint density at radius 3 is 2.70 bits per heavy atom. The number of nitrogens with one attached hydrogen (secondary N) is 1. The number of carbonyl (C=O) groups excluding carboxylic acids is 1. The van der Waals surface area contributed by atoms with Gasteiger partial charge in [0.05, 0.1) is 17.4 Å². The average molecular weight is 416 g/mol. The zero-order chi connectivity index (χ0) is 20.8.